The van der Waals surface area contributed by atoms with Crippen LogP contribution < -0.4 is 5.32 Å². The second kappa shape index (κ2) is 4.82. The molecular formula is C13H15F2NO. The van der Waals surface area contributed by atoms with Gasteiger partial charge in [-0.3, -0.25) is 4.79 Å². The molecule has 0 heterocycles. The highest BCUT2D eigenvalue weighted by atomic mass is 19.3. The van der Waals surface area contributed by atoms with Crippen molar-refractivity contribution in [1.82, 2.24) is 5.32 Å². The van der Waals surface area contributed by atoms with Gasteiger partial charge in [-0.1, -0.05) is 18.2 Å². The van der Waals surface area contributed by atoms with Crippen LogP contribution in [0.1, 0.15) is 36.0 Å². The normalized spacial score (nSPS) is 19.9. The van der Waals surface area contributed by atoms with E-state index in [2.05, 4.69) is 5.32 Å². The van der Waals surface area contributed by atoms with E-state index in [9.17, 15) is 13.6 Å². The number of rotatable bonds is 2. The van der Waals surface area contributed by atoms with Crippen molar-refractivity contribution < 1.29 is 13.6 Å². The average Bonchev–Trinajstić information content (AvgIpc) is 2.33. The summed E-state index contributed by atoms with van der Waals surface area (Å²) < 4.78 is 25.9. The lowest BCUT2D eigenvalue weighted by atomic mass is 9.92. The van der Waals surface area contributed by atoms with Crippen molar-refractivity contribution in [3.63, 3.8) is 0 Å². The lowest BCUT2D eigenvalue weighted by Crippen LogP contribution is -2.40. The van der Waals surface area contributed by atoms with Gasteiger partial charge in [0.15, 0.2) is 0 Å². The third kappa shape index (κ3) is 3.25. The first kappa shape index (κ1) is 12.0. The molecule has 1 saturated carbocycles. The van der Waals surface area contributed by atoms with Gasteiger partial charge in [0, 0.05) is 24.4 Å². The third-order valence-corrected chi connectivity index (χ3v) is 3.09. The molecule has 1 N–H and O–H groups in total. The Balaban J connectivity index is 1.89. The third-order valence-electron chi connectivity index (χ3n) is 3.09. The molecule has 0 aliphatic heterocycles. The SMILES string of the molecule is O=C(NC1CCC(F)(F)CC1)c1ccccc1. The first-order valence-corrected chi connectivity index (χ1v) is 5.81. The monoisotopic (exact) mass is 239 g/mol. The van der Waals surface area contributed by atoms with Crippen LogP contribution in [0.5, 0.6) is 0 Å². The van der Waals surface area contributed by atoms with E-state index >= 15 is 0 Å². The van der Waals surface area contributed by atoms with Crippen LogP contribution in [-0.2, 0) is 0 Å². The van der Waals surface area contributed by atoms with Gasteiger partial charge in [-0.15, -0.1) is 0 Å². The fourth-order valence-corrected chi connectivity index (χ4v) is 2.04. The van der Waals surface area contributed by atoms with Crippen LogP contribution in [0.2, 0.25) is 0 Å². The Kier molecular flexibility index (Phi) is 3.41. The van der Waals surface area contributed by atoms with Crippen molar-refractivity contribution in [3.8, 4) is 0 Å². The molecule has 1 fully saturated rings. The zero-order valence-corrected chi connectivity index (χ0v) is 9.46. The molecule has 2 rings (SSSR count). The number of alkyl halides is 2. The second-order valence-electron chi connectivity index (χ2n) is 4.47. The number of nitrogens with one attached hydrogen (secondary N) is 1. The van der Waals surface area contributed by atoms with Crippen molar-refractivity contribution in [2.75, 3.05) is 0 Å². The number of carbonyl (C=O) groups excluding carboxylic acids is 1. The molecule has 1 aromatic carbocycles. The molecule has 0 saturated heterocycles. The molecule has 0 atom stereocenters. The Morgan fingerprint density at radius 2 is 1.76 bits per heavy atom. The van der Waals surface area contributed by atoms with Crippen LogP contribution in [0.15, 0.2) is 30.3 Å². The highest BCUT2D eigenvalue weighted by Crippen LogP contribution is 2.33. The van der Waals surface area contributed by atoms with E-state index in [4.69, 9.17) is 0 Å². The van der Waals surface area contributed by atoms with Gasteiger partial charge in [0.1, 0.15) is 0 Å². The molecule has 1 aliphatic carbocycles. The number of hydrogen-bond donors (Lipinski definition) is 1. The van der Waals surface area contributed by atoms with Crippen LogP contribution in [0.3, 0.4) is 0 Å². The Morgan fingerprint density at radius 1 is 1.18 bits per heavy atom. The largest absolute Gasteiger partial charge is 0.349 e. The Bertz CT molecular complexity index is 382. The molecule has 1 amide bonds. The number of halogens is 2. The molecule has 0 bridgehead atoms. The molecule has 1 aliphatic rings. The highest BCUT2D eigenvalue weighted by molar-refractivity contribution is 5.94. The molecule has 17 heavy (non-hydrogen) atoms. The zero-order valence-electron chi connectivity index (χ0n) is 9.46. The van der Waals surface area contributed by atoms with Crippen molar-refractivity contribution >= 4 is 5.91 Å². The molecule has 0 aromatic heterocycles. The smallest absolute Gasteiger partial charge is 0.251 e. The second-order valence-corrected chi connectivity index (χ2v) is 4.47. The average molecular weight is 239 g/mol. The van der Waals surface area contributed by atoms with Gasteiger partial charge >= 0.3 is 0 Å². The number of benzene rings is 1. The topological polar surface area (TPSA) is 29.1 Å². The lowest BCUT2D eigenvalue weighted by molar-refractivity contribution is -0.0399. The van der Waals surface area contributed by atoms with Gasteiger partial charge in [0.2, 0.25) is 5.92 Å². The van der Waals surface area contributed by atoms with Crippen LogP contribution in [0.25, 0.3) is 0 Å². The summed E-state index contributed by atoms with van der Waals surface area (Å²) >= 11 is 0. The molecular weight excluding hydrogens is 224 g/mol. The van der Waals surface area contributed by atoms with Gasteiger partial charge in [-0.2, -0.15) is 0 Å². The first-order chi connectivity index (χ1) is 8.07. The summed E-state index contributed by atoms with van der Waals surface area (Å²) in [6.45, 7) is 0. The maximum absolute atomic E-state index is 12.9. The van der Waals surface area contributed by atoms with Crippen LogP contribution in [-0.4, -0.2) is 17.9 Å². The summed E-state index contributed by atoms with van der Waals surface area (Å²) in [5, 5.41) is 2.80. The van der Waals surface area contributed by atoms with E-state index < -0.39 is 5.92 Å². The maximum Gasteiger partial charge on any atom is 0.251 e. The molecule has 0 spiro atoms. The van der Waals surface area contributed by atoms with E-state index in [0.717, 1.165) is 0 Å². The maximum atomic E-state index is 12.9. The van der Waals surface area contributed by atoms with Crippen LogP contribution >= 0.6 is 0 Å². The molecule has 0 radical (unpaired) electrons. The molecule has 0 unspecified atom stereocenters. The summed E-state index contributed by atoms with van der Waals surface area (Å²) in [7, 11) is 0. The number of hydrogen-bond acceptors (Lipinski definition) is 1. The number of amides is 1. The summed E-state index contributed by atoms with van der Waals surface area (Å²) in [5.41, 5.74) is 0.574. The minimum Gasteiger partial charge on any atom is -0.349 e. The summed E-state index contributed by atoms with van der Waals surface area (Å²) in [6, 6.07) is 8.70. The first-order valence-electron chi connectivity index (χ1n) is 5.81. The Morgan fingerprint density at radius 3 is 2.35 bits per heavy atom. The van der Waals surface area contributed by atoms with E-state index in [-0.39, 0.29) is 24.8 Å². The fourth-order valence-electron chi connectivity index (χ4n) is 2.04. The van der Waals surface area contributed by atoms with Gasteiger partial charge in [0.05, 0.1) is 0 Å². The van der Waals surface area contributed by atoms with Crippen LogP contribution in [0, 0.1) is 0 Å². The molecule has 92 valence electrons. The summed E-state index contributed by atoms with van der Waals surface area (Å²) in [4.78, 5) is 11.8. The summed E-state index contributed by atoms with van der Waals surface area (Å²) in [6.07, 6.45) is 0.441. The van der Waals surface area contributed by atoms with E-state index in [1.54, 1.807) is 24.3 Å². The van der Waals surface area contributed by atoms with Crippen molar-refractivity contribution in [2.45, 2.75) is 37.6 Å². The lowest BCUT2D eigenvalue weighted by Gasteiger charge is -2.28. The van der Waals surface area contributed by atoms with E-state index in [0.29, 0.717) is 18.4 Å². The zero-order chi connectivity index (χ0) is 12.3. The molecule has 4 heteroatoms. The van der Waals surface area contributed by atoms with Gasteiger partial charge in [-0.05, 0) is 25.0 Å². The van der Waals surface area contributed by atoms with Gasteiger partial charge in [-0.25, -0.2) is 8.78 Å². The van der Waals surface area contributed by atoms with Crippen molar-refractivity contribution in [1.29, 1.82) is 0 Å². The molecule has 1 aromatic rings. The van der Waals surface area contributed by atoms with Crippen molar-refractivity contribution in [2.24, 2.45) is 0 Å². The van der Waals surface area contributed by atoms with Gasteiger partial charge in [0.25, 0.3) is 5.91 Å². The Hall–Kier alpha value is -1.45. The minimum absolute atomic E-state index is 0.123. The predicted molar refractivity (Wildman–Crippen MR) is 61.1 cm³/mol. The quantitative estimate of drug-likeness (QED) is 0.844. The minimum atomic E-state index is -2.55. The highest BCUT2D eigenvalue weighted by Gasteiger charge is 2.35. The summed E-state index contributed by atoms with van der Waals surface area (Å²) in [5.74, 6) is -2.73. The van der Waals surface area contributed by atoms with E-state index in [1.807, 2.05) is 6.07 Å². The standard InChI is InChI=1S/C13H15F2NO/c14-13(15)8-6-11(7-9-13)16-12(17)10-4-2-1-3-5-10/h1-5,11H,6-9H2,(H,16,17). The molecule has 2 nitrogen and oxygen atoms in total. The van der Waals surface area contributed by atoms with Gasteiger partial charge < -0.3 is 5.32 Å². The Labute approximate surface area is 99.0 Å². The van der Waals surface area contributed by atoms with Crippen molar-refractivity contribution in [3.05, 3.63) is 35.9 Å². The number of carbonyl (C=O) groups is 1. The van der Waals surface area contributed by atoms with E-state index in [1.165, 1.54) is 0 Å². The van der Waals surface area contributed by atoms with Crippen LogP contribution in [0.4, 0.5) is 8.78 Å². The fraction of sp³-hybridized carbons (Fsp3) is 0.462. The predicted octanol–water partition coefficient (Wildman–Crippen LogP) is 2.99.